The minimum Gasteiger partial charge on any atom is -0.424 e. The first-order valence-electron chi connectivity index (χ1n) is 5.00. The molecule has 1 aromatic carbocycles. The van der Waals surface area contributed by atoms with E-state index in [0.29, 0.717) is 16.8 Å². The Kier molecular flexibility index (Phi) is 3.97. The molecule has 0 unspecified atom stereocenters. The topological polar surface area (TPSA) is 35.0 Å². The van der Waals surface area contributed by atoms with Crippen LogP contribution in [0.2, 0.25) is 5.02 Å². The fraction of sp³-hybridized carbons (Fsp3) is 0.167. The van der Waals surface area contributed by atoms with E-state index in [9.17, 15) is 0 Å². The number of benzene rings is 1. The molecule has 2 rings (SSSR count). The molecule has 5 heteroatoms. The summed E-state index contributed by atoms with van der Waals surface area (Å²) in [5.41, 5.74) is 1.95. The lowest BCUT2D eigenvalue weighted by Gasteiger charge is -2.07. The Morgan fingerprint density at radius 1 is 1.29 bits per heavy atom. The van der Waals surface area contributed by atoms with Crippen molar-refractivity contribution >= 4 is 27.5 Å². The number of nitrogens with zero attached hydrogens (tertiary/aromatic N) is 2. The SMILES string of the molecule is Cc1cc(Cl)ccc1Oc1ncc(CBr)cn1. The second-order valence-electron chi connectivity index (χ2n) is 3.52. The van der Waals surface area contributed by atoms with Crippen molar-refractivity contribution in [3.63, 3.8) is 0 Å². The maximum absolute atomic E-state index is 5.87. The van der Waals surface area contributed by atoms with Crippen LogP contribution in [0.1, 0.15) is 11.1 Å². The minimum atomic E-state index is 0.333. The van der Waals surface area contributed by atoms with E-state index in [1.807, 2.05) is 13.0 Å². The number of hydrogen-bond acceptors (Lipinski definition) is 3. The molecule has 0 fully saturated rings. The first kappa shape index (κ1) is 12.3. The maximum Gasteiger partial charge on any atom is 0.321 e. The summed E-state index contributed by atoms with van der Waals surface area (Å²) in [6.07, 6.45) is 3.45. The molecule has 0 aliphatic carbocycles. The third-order valence-electron chi connectivity index (χ3n) is 2.17. The summed E-state index contributed by atoms with van der Waals surface area (Å²) < 4.78 is 5.57. The van der Waals surface area contributed by atoms with Gasteiger partial charge in [-0.15, -0.1) is 0 Å². The largest absolute Gasteiger partial charge is 0.424 e. The third kappa shape index (κ3) is 3.17. The van der Waals surface area contributed by atoms with Crippen LogP contribution in [0.15, 0.2) is 30.6 Å². The number of hydrogen-bond donors (Lipinski definition) is 0. The smallest absolute Gasteiger partial charge is 0.321 e. The van der Waals surface area contributed by atoms with Gasteiger partial charge in [0.05, 0.1) is 0 Å². The molecule has 88 valence electrons. The van der Waals surface area contributed by atoms with E-state index in [1.165, 1.54) is 0 Å². The second kappa shape index (κ2) is 5.47. The van der Waals surface area contributed by atoms with E-state index < -0.39 is 0 Å². The van der Waals surface area contributed by atoms with Crippen LogP contribution in [-0.2, 0) is 5.33 Å². The molecule has 0 saturated carbocycles. The lowest BCUT2D eigenvalue weighted by atomic mass is 10.2. The molecule has 0 radical (unpaired) electrons. The van der Waals surface area contributed by atoms with E-state index in [0.717, 1.165) is 16.5 Å². The number of aromatic nitrogens is 2. The first-order chi connectivity index (χ1) is 8.19. The third-order valence-corrected chi connectivity index (χ3v) is 3.06. The Labute approximate surface area is 113 Å². The van der Waals surface area contributed by atoms with Gasteiger partial charge >= 0.3 is 6.01 Å². The molecule has 0 atom stereocenters. The Morgan fingerprint density at radius 2 is 2.00 bits per heavy atom. The predicted octanol–water partition coefficient (Wildman–Crippen LogP) is 4.13. The molecule has 1 heterocycles. The van der Waals surface area contributed by atoms with Crippen LogP contribution < -0.4 is 4.74 Å². The van der Waals surface area contributed by atoms with Crippen molar-refractivity contribution in [1.29, 1.82) is 0 Å². The van der Waals surface area contributed by atoms with Gasteiger partial charge in [-0.25, -0.2) is 9.97 Å². The van der Waals surface area contributed by atoms with E-state index in [4.69, 9.17) is 16.3 Å². The predicted molar refractivity (Wildman–Crippen MR) is 70.9 cm³/mol. The molecule has 1 aromatic heterocycles. The monoisotopic (exact) mass is 312 g/mol. The number of ether oxygens (including phenoxy) is 1. The molecule has 0 aliphatic rings. The Bertz CT molecular complexity index is 516. The lowest BCUT2D eigenvalue weighted by Crippen LogP contribution is -1.94. The summed E-state index contributed by atoms with van der Waals surface area (Å²) in [5.74, 6) is 0.709. The van der Waals surface area contributed by atoms with E-state index in [-0.39, 0.29) is 0 Å². The number of halogens is 2. The zero-order chi connectivity index (χ0) is 12.3. The van der Waals surface area contributed by atoms with Crippen molar-refractivity contribution in [3.05, 3.63) is 46.7 Å². The van der Waals surface area contributed by atoms with Crippen LogP contribution >= 0.6 is 27.5 Å². The Balaban J connectivity index is 2.19. The molecular weight excluding hydrogens is 304 g/mol. The van der Waals surface area contributed by atoms with Crippen molar-refractivity contribution in [2.75, 3.05) is 0 Å². The molecule has 2 aromatic rings. The summed E-state index contributed by atoms with van der Waals surface area (Å²) in [5, 5.41) is 1.41. The molecule has 0 saturated heterocycles. The molecular formula is C12H10BrClN2O. The van der Waals surface area contributed by atoms with Gasteiger partial charge < -0.3 is 4.74 Å². The van der Waals surface area contributed by atoms with E-state index >= 15 is 0 Å². The highest BCUT2D eigenvalue weighted by Crippen LogP contribution is 2.25. The zero-order valence-corrected chi connectivity index (χ0v) is 11.5. The quantitative estimate of drug-likeness (QED) is 0.799. The zero-order valence-electron chi connectivity index (χ0n) is 9.15. The van der Waals surface area contributed by atoms with Gasteiger partial charge in [-0.2, -0.15) is 0 Å². The molecule has 0 bridgehead atoms. The summed E-state index contributed by atoms with van der Waals surface area (Å²) in [6, 6.07) is 5.75. The normalized spacial score (nSPS) is 10.3. The second-order valence-corrected chi connectivity index (χ2v) is 4.52. The highest BCUT2D eigenvalue weighted by atomic mass is 79.9. The molecule has 0 spiro atoms. The summed E-state index contributed by atoms with van der Waals surface area (Å²) in [6.45, 7) is 1.92. The minimum absolute atomic E-state index is 0.333. The Hall–Kier alpha value is -1.13. The molecule has 3 nitrogen and oxygen atoms in total. The van der Waals surface area contributed by atoms with Gasteiger partial charge in [0, 0.05) is 22.7 Å². The van der Waals surface area contributed by atoms with Gasteiger partial charge in [-0.05, 0) is 36.2 Å². The van der Waals surface area contributed by atoms with Gasteiger partial charge in [-0.3, -0.25) is 0 Å². The highest BCUT2D eigenvalue weighted by molar-refractivity contribution is 9.08. The van der Waals surface area contributed by atoms with Gasteiger partial charge in [0.15, 0.2) is 0 Å². The van der Waals surface area contributed by atoms with Gasteiger partial charge in [-0.1, -0.05) is 27.5 Å². The fourth-order valence-electron chi connectivity index (χ4n) is 1.29. The van der Waals surface area contributed by atoms with E-state index in [2.05, 4.69) is 25.9 Å². The summed E-state index contributed by atoms with van der Waals surface area (Å²) in [7, 11) is 0. The van der Waals surface area contributed by atoms with Gasteiger partial charge in [0.2, 0.25) is 0 Å². The average Bonchev–Trinajstić information content (AvgIpc) is 2.34. The van der Waals surface area contributed by atoms with Gasteiger partial charge in [0.25, 0.3) is 0 Å². The fourth-order valence-corrected chi connectivity index (χ4v) is 1.81. The van der Waals surface area contributed by atoms with Crippen molar-refractivity contribution in [1.82, 2.24) is 9.97 Å². The summed E-state index contributed by atoms with van der Waals surface area (Å²) >= 11 is 9.20. The lowest BCUT2D eigenvalue weighted by molar-refractivity contribution is 0.438. The average molecular weight is 314 g/mol. The maximum atomic E-state index is 5.87. The van der Waals surface area contributed by atoms with Crippen LogP contribution in [0, 0.1) is 6.92 Å². The molecule has 17 heavy (non-hydrogen) atoms. The van der Waals surface area contributed by atoms with Crippen LogP contribution in [-0.4, -0.2) is 9.97 Å². The number of rotatable bonds is 3. The van der Waals surface area contributed by atoms with Crippen LogP contribution in [0.3, 0.4) is 0 Å². The number of aryl methyl sites for hydroxylation is 1. The van der Waals surface area contributed by atoms with Crippen LogP contribution in [0.5, 0.6) is 11.8 Å². The van der Waals surface area contributed by atoms with Crippen molar-refractivity contribution in [2.45, 2.75) is 12.3 Å². The van der Waals surface area contributed by atoms with Crippen molar-refractivity contribution < 1.29 is 4.74 Å². The first-order valence-corrected chi connectivity index (χ1v) is 6.50. The van der Waals surface area contributed by atoms with Crippen LogP contribution in [0.25, 0.3) is 0 Å². The van der Waals surface area contributed by atoms with E-state index in [1.54, 1.807) is 24.5 Å². The molecule has 0 aliphatic heterocycles. The highest BCUT2D eigenvalue weighted by Gasteiger charge is 2.04. The van der Waals surface area contributed by atoms with Gasteiger partial charge in [0.1, 0.15) is 5.75 Å². The number of alkyl halides is 1. The molecule has 0 N–H and O–H groups in total. The summed E-state index contributed by atoms with van der Waals surface area (Å²) in [4.78, 5) is 8.22. The molecule has 0 amide bonds. The Morgan fingerprint density at radius 3 is 2.59 bits per heavy atom. The standard InChI is InChI=1S/C12H10BrClN2O/c1-8-4-10(14)2-3-11(8)17-12-15-6-9(5-13)7-16-12/h2-4,6-7H,5H2,1H3. The van der Waals surface area contributed by atoms with Crippen LogP contribution in [0.4, 0.5) is 0 Å². The van der Waals surface area contributed by atoms with Crippen molar-refractivity contribution in [3.8, 4) is 11.8 Å². The van der Waals surface area contributed by atoms with Crippen molar-refractivity contribution in [2.24, 2.45) is 0 Å².